The number of hydrogen-bond acceptors (Lipinski definition) is 4. The molecule has 106 valence electrons. The summed E-state index contributed by atoms with van der Waals surface area (Å²) in [7, 11) is 0. The lowest BCUT2D eigenvalue weighted by atomic mass is 9.72. The third kappa shape index (κ3) is 1.94. The highest BCUT2D eigenvalue weighted by molar-refractivity contribution is 5.71. The van der Waals surface area contributed by atoms with Gasteiger partial charge in [-0.1, -0.05) is 19.3 Å². The van der Waals surface area contributed by atoms with Gasteiger partial charge in [0.05, 0.1) is 12.3 Å². The Labute approximate surface area is 112 Å². The zero-order valence-corrected chi connectivity index (χ0v) is 11.3. The topological polar surface area (TPSA) is 69.4 Å². The van der Waals surface area contributed by atoms with E-state index in [4.69, 9.17) is 4.74 Å². The van der Waals surface area contributed by atoms with Gasteiger partial charge >= 0.3 is 5.97 Å². The number of carbonyl (C=O) groups is 1. The van der Waals surface area contributed by atoms with Crippen LogP contribution in [0.1, 0.15) is 51.9 Å². The van der Waals surface area contributed by atoms with E-state index >= 15 is 0 Å². The predicted octanol–water partition coefficient (Wildman–Crippen LogP) is 2.55. The summed E-state index contributed by atoms with van der Waals surface area (Å²) in [5.74, 6) is -0.0734. The molecule has 2 saturated carbocycles. The Kier molecular flexibility index (Phi) is 3.02. The zero-order valence-electron chi connectivity index (χ0n) is 11.3. The Hall–Kier alpha value is -1.13. The first-order valence-corrected chi connectivity index (χ1v) is 7.39. The van der Waals surface area contributed by atoms with E-state index in [9.17, 15) is 14.9 Å². The van der Waals surface area contributed by atoms with Gasteiger partial charge in [-0.15, -0.1) is 0 Å². The van der Waals surface area contributed by atoms with Crippen LogP contribution in [0.4, 0.5) is 0 Å². The second kappa shape index (κ2) is 4.46. The molecule has 3 aliphatic rings. The van der Waals surface area contributed by atoms with Gasteiger partial charge in [-0.05, 0) is 25.7 Å². The van der Waals surface area contributed by atoms with E-state index in [1.165, 1.54) is 6.42 Å². The number of fused-ring (bicyclic) bond motifs is 1. The molecule has 0 spiro atoms. The van der Waals surface area contributed by atoms with Crippen LogP contribution in [0.3, 0.4) is 0 Å². The van der Waals surface area contributed by atoms with Crippen LogP contribution in [0.2, 0.25) is 0 Å². The monoisotopic (exact) mass is 267 g/mol. The molecule has 1 aliphatic heterocycles. The van der Waals surface area contributed by atoms with Gasteiger partial charge in [0.2, 0.25) is 5.54 Å². The second-order valence-corrected chi connectivity index (χ2v) is 6.47. The first-order chi connectivity index (χ1) is 9.05. The minimum absolute atomic E-state index is 0.0840. The van der Waals surface area contributed by atoms with Crippen molar-refractivity contribution >= 4 is 5.97 Å². The number of cyclic esters (lactones) is 1. The van der Waals surface area contributed by atoms with Crippen molar-refractivity contribution in [3.8, 4) is 0 Å². The normalized spacial score (nSPS) is 43.0. The number of hydrogen-bond donors (Lipinski definition) is 0. The SMILES string of the molecule is C[C@@H]1OC(=O)C[C@H]2C[C@@]2([N+](=O)[O-])[C@H]1C1CCCCC1. The summed E-state index contributed by atoms with van der Waals surface area (Å²) in [4.78, 5) is 23.2. The van der Waals surface area contributed by atoms with Gasteiger partial charge in [0.15, 0.2) is 0 Å². The maximum absolute atomic E-state index is 11.7. The van der Waals surface area contributed by atoms with Gasteiger partial charge < -0.3 is 4.74 Å². The molecular formula is C14H21NO4. The Morgan fingerprint density at radius 3 is 2.63 bits per heavy atom. The van der Waals surface area contributed by atoms with Crippen molar-refractivity contribution in [2.45, 2.75) is 63.5 Å². The third-order valence-corrected chi connectivity index (χ3v) is 5.43. The van der Waals surface area contributed by atoms with Crippen LogP contribution >= 0.6 is 0 Å². The molecule has 5 heteroatoms. The van der Waals surface area contributed by atoms with Crippen molar-refractivity contribution in [1.29, 1.82) is 0 Å². The molecule has 0 aromatic rings. The summed E-state index contributed by atoms with van der Waals surface area (Å²) in [5, 5.41) is 11.6. The van der Waals surface area contributed by atoms with Gasteiger partial charge in [-0.2, -0.15) is 0 Å². The average Bonchev–Trinajstić information content (AvgIpc) is 3.05. The fourth-order valence-corrected chi connectivity index (χ4v) is 4.56. The summed E-state index contributed by atoms with van der Waals surface area (Å²) in [6, 6.07) is 0. The Balaban J connectivity index is 1.91. The highest BCUT2D eigenvalue weighted by Gasteiger charge is 2.74. The summed E-state index contributed by atoms with van der Waals surface area (Å²) in [6.07, 6.45) is 6.12. The predicted molar refractivity (Wildman–Crippen MR) is 68.1 cm³/mol. The van der Waals surface area contributed by atoms with Crippen LogP contribution in [0.5, 0.6) is 0 Å². The molecule has 0 aromatic heterocycles. The molecule has 3 fully saturated rings. The van der Waals surface area contributed by atoms with Crippen LogP contribution in [0, 0.1) is 27.9 Å². The third-order valence-electron chi connectivity index (χ3n) is 5.43. The van der Waals surface area contributed by atoms with Gasteiger partial charge in [-0.25, -0.2) is 0 Å². The molecule has 2 aliphatic carbocycles. The van der Waals surface area contributed by atoms with Gasteiger partial charge in [0.1, 0.15) is 6.10 Å². The minimum atomic E-state index is -0.867. The van der Waals surface area contributed by atoms with Crippen molar-refractivity contribution in [3.05, 3.63) is 10.1 Å². The van der Waals surface area contributed by atoms with Crippen LogP contribution < -0.4 is 0 Å². The lowest BCUT2D eigenvalue weighted by Crippen LogP contribution is -2.44. The maximum atomic E-state index is 11.7. The smallest absolute Gasteiger partial charge is 0.306 e. The van der Waals surface area contributed by atoms with Crippen molar-refractivity contribution < 1.29 is 14.5 Å². The lowest BCUT2D eigenvalue weighted by Gasteiger charge is -2.34. The largest absolute Gasteiger partial charge is 0.462 e. The fourth-order valence-electron chi connectivity index (χ4n) is 4.56. The number of nitro groups is 1. The molecule has 0 radical (unpaired) electrons. The Bertz CT molecular complexity index is 404. The highest BCUT2D eigenvalue weighted by Crippen LogP contribution is 2.60. The van der Waals surface area contributed by atoms with E-state index in [-0.39, 0.29) is 35.3 Å². The molecule has 0 N–H and O–H groups in total. The highest BCUT2D eigenvalue weighted by atomic mass is 16.6. The van der Waals surface area contributed by atoms with Gasteiger partial charge in [-0.3, -0.25) is 14.9 Å². The molecule has 0 amide bonds. The summed E-state index contributed by atoms with van der Waals surface area (Å²) < 4.78 is 5.41. The number of nitrogens with zero attached hydrogens (tertiary/aromatic N) is 1. The van der Waals surface area contributed by atoms with Crippen LogP contribution in [0.25, 0.3) is 0 Å². The van der Waals surface area contributed by atoms with Gasteiger partial charge in [0.25, 0.3) is 0 Å². The standard InChI is InChI=1S/C14H21NO4/c1-9-13(10-5-3-2-4-6-10)14(15(17)18)8-11(14)7-12(16)19-9/h9-11,13H,2-8H2,1H3/t9-,11-,13+,14-/m0/s1. The first kappa shape index (κ1) is 12.9. The lowest BCUT2D eigenvalue weighted by molar-refractivity contribution is -0.557. The average molecular weight is 267 g/mol. The molecule has 3 rings (SSSR count). The van der Waals surface area contributed by atoms with E-state index in [2.05, 4.69) is 0 Å². The quantitative estimate of drug-likeness (QED) is 0.438. The molecule has 5 nitrogen and oxygen atoms in total. The number of esters is 1. The molecule has 0 aromatic carbocycles. The summed E-state index contributed by atoms with van der Waals surface area (Å²) in [6.45, 7) is 1.85. The molecule has 0 bridgehead atoms. The maximum Gasteiger partial charge on any atom is 0.306 e. The number of carbonyl (C=O) groups excluding carboxylic acids is 1. The molecular weight excluding hydrogens is 246 g/mol. The van der Waals surface area contributed by atoms with Crippen LogP contribution in [-0.2, 0) is 9.53 Å². The van der Waals surface area contributed by atoms with Gasteiger partial charge in [0, 0.05) is 17.3 Å². The Morgan fingerprint density at radius 2 is 2.00 bits per heavy atom. The molecule has 1 saturated heterocycles. The fraction of sp³-hybridized carbons (Fsp3) is 0.929. The molecule has 1 heterocycles. The molecule has 0 unspecified atom stereocenters. The van der Waals surface area contributed by atoms with Crippen molar-refractivity contribution in [2.24, 2.45) is 17.8 Å². The van der Waals surface area contributed by atoms with Crippen molar-refractivity contribution in [1.82, 2.24) is 0 Å². The zero-order chi connectivity index (χ0) is 13.6. The summed E-state index contributed by atoms with van der Waals surface area (Å²) >= 11 is 0. The first-order valence-electron chi connectivity index (χ1n) is 7.39. The van der Waals surface area contributed by atoms with E-state index in [1.807, 2.05) is 6.92 Å². The van der Waals surface area contributed by atoms with Crippen LogP contribution in [-0.4, -0.2) is 22.5 Å². The van der Waals surface area contributed by atoms with E-state index < -0.39 is 5.54 Å². The number of ether oxygens (including phenoxy) is 1. The van der Waals surface area contributed by atoms with E-state index in [1.54, 1.807) is 0 Å². The molecule has 19 heavy (non-hydrogen) atoms. The summed E-state index contributed by atoms with van der Waals surface area (Å²) in [5.41, 5.74) is -0.867. The van der Waals surface area contributed by atoms with Crippen LogP contribution in [0.15, 0.2) is 0 Å². The minimum Gasteiger partial charge on any atom is -0.462 e. The van der Waals surface area contributed by atoms with Crippen molar-refractivity contribution in [3.63, 3.8) is 0 Å². The van der Waals surface area contributed by atoms with Crippen molar-refractivity contribution in [2.75, 3.05) is 0 Å². The Morgan fingerprint density at radius 1 is 1.32 bits per heavy atom. The molecule has 4 atom stereocenters. The van der Waals surface area contributed by atoms with E-state index in [0.29, 0.717) is 12.3 Å². The van der Waals surface area contributed by atoms with E-state index in [0.717, 1.165) is 25.7 Å². The second-order valence-electron chi connectivity index (χ2n) is 6.47. The number of rotatable bonds is 2.